The molecule has 0 aliphatic carbocycles. The zero-order chi connectivity index (χ0) is 29.6. The van der Waals surface area contributed by atoms with Gasteiger partial charge >= 0.3 is 6.11 Å². The fraction of sp³-hybridized carbons (Fsp3) is 0.125. The highest BCUT2D eigenvalue weighted by atomic mass is 19.3. The SMILES string of the molecule is CCCOc1ccc(C#Cc2ccc(C#Cc3cc(F)c(C(F)(F)Oc4cc(F)c(F)c(F)c4)c(F)c3)cc2)cc1. The van der Waals surface area contributed by atoms with Crippen molar-refractivity contribution in [2.75, 3.05) is 6.61 Å². The van der Waals surface area contributed by atoms with Gasteiger partial charge in [0.1, 0.15) is 28.7 Å². The summed E-state index contributed by atoms with van der Waals surface area (Å²) in [5, 5.41) is 0. The first kappa shape index (κ1) is 29.1. The van der Waals surface area contributed by atoms with Crippen LogP contribution in [0.25, 0.3) is 0 Å². The van der Waals surface area contributed by atoms with Gasteiger partial charge in [0, 0.05) is 34.4 Å². The van der Waals surface area contributed by atoms with Crippen LogP contribution in [0.3, 0.4) is 0 Å². The molecule has 0 radical (unpaired) electrons. The standard InChI is InChI=1S/C32H19F7O2/c1-2-15-40-24-13-11-22(12-14-24)8-7-20-3-5-21(6-4-20)9-10-23-16-26(33)30(27(34)17-23)32(38,39)41-25-18-28(35)31(37)29(36)19-25/h3-6,11-14,16-19H,2,15H2,1H3. The van der Waals surface area contributed by atoms with Crippen LogP contribution in [0.2, 0.25) is 0 Å². The summed E-state index contributed by atoms with van der Waals surface area (Å²) < 4.78 is 107. The van der Waals surface area contributed by atoms with Crippen molar-refractivity contribution < 1.29 is 40.2 Å². The Morgan fingerprint density at radius 2 is 1.02 bits per heavy atom. The molecular formula is C32H19F7O2. The minimum Gasteiger partial charge on any atom is -0.494 e. The van der Waals surface area contributed by atoms with Gasteiger partial charge in [-0.05, 0) is 67.1 Å². The van der Waals surface area contributed by atoms with Crippen LogP contribution in [0.1, 0.15) is 41.2 Å². The van der Waals surface area contributed by atoms with Crippen LogP contribution in [-0.4, -0.2) is 6.61 Å². The first-order chi connectivity index (χ1) is 19.6. The molecule has 208 valence electrons. The lowest BCUT2D eigenvalue weighted by molar-refractivity contribution is -0.189. The molecule has 0 spiro atoms. The minimum absolute atomic E-state index is 0.125. The predicted octanol–water partition coefficient (Wildman–Crippen LogP) is 8.10. The molecule has 9 heteroatoms. The number of rotatable bonds is 6. The van der Waals surface area contributed by atoms with Crippen molar-refractivity contribution in [1.29, 1.82) is 0 Å². The van der Waals surface area contributed by atoms with E-state index in [1.165, 1.54) is 0 Å². The Morgan fingerprint density at radius 3 is 1.49 bits per heavy atom. The van der Waals surface area contributed by atoms with E-state index in [0.717, 1.165) is 17.7 Å². The molecule has 4 rings (SSSR count). The minimum atomic E-state index is -4.68. The van der Waals surface area contributed by atoms with Crippen LogP contribution >= 0.6 is 0 Å². The third-order valence-corrected chi connectivity index (χ3v) is 5.45. The largest absolute Gasteiger partial charge is 0.494 e. The summed E-state index contributed by atoms with van der Waals surface area (Å²) in [6, 6.07) is 15.4. The van der Waals surface area contributed by atoms with Gasteiger partial charge in [-0.2, -0.15) is 8.78 Å². The quantitative estimate of drug-likeness (QED) is 0.133. The van der Waals surface area contributed by atoms with Gasteiger partial charge in [0.05, 0.1) is 6.61 Å². The van der Waals surface area contributed by atoms with Gasteiger partial charge in [0.2, 0.25) is 0 Å². The average molecular weight is 568 g/mol. The summed E-state index contributed by atoms with van der Waals surface area (Å²) >= 11 is 0. The molecule has 4 aromatic carbocycles. The normalized spacial score (nSPS) is 10.7. The van der Waals surface area contributed by atoms with Gasteiger partial charge in [-0.15, -0.1) is 0 Å². The highest BCUT2D eigenvalue weighted by Gasteiger charge is 2.41. The molecule has 0 aliphatic heterocycles. The van der Waals surface area contributed by atoms with Gasteiger partial charge in [-0.1, -0.05) is 30.6 Å². The summed E-state index contributed by atoms with van der Waals surface area (Å²) in [5.74, 6) is 1.81. The summed E-state index contributed by atoms with van der Waals surface area (Å²) in [6.45, 7) is 2.65. The second-order valence-corrected chi connectivity index (χ2v) is 8.58. The third-order valence-electron chi connectivity index (χ3n) is 5.45. The lowest BCUT2D eigenvalue weighted by Crippen LogP contribution is -2.25. The van der Waals surface area contributed by atoms with E-state index in [2.05, 4.69) is 28.4 Å². The van der Waals surface area contributed by atoms with Crippen molar-refractivity contribution in [3.63, 3.8) is 0 Å². The topological polar surface area (TPSA) is 18.5 Å². The van der Waals surface area contributed by atoms with Crippen LogP contribution in [0, 0.1) is 52.8 Å². The molecule has 0 bridgehead atoms. The van der Waals surface area contributed by atoms with E-state index in [9.17, 15) is 30.7 Å². The summed E-state index contributed by atoms with van der Waals surface area (Å²) in [4.78, 5) is 0. The molecule has 0 aromatic heterocycles. The van der Waals surface area contributed by atoms with Crippen LogP contribution in [0.15, 0.2) is 72.8 Å². The Balaban J connectivity index is 1.46. The van der Waals surface area contributed by atoms with Crippen LogP contribution < -0.4 is 9.47 Å². The zero-order valence-electron chi connectivity index (χ0n) is 21.3. The van der Waals surface area contributed by atoms with Gasteiger partial charge in [0.25, 0.3) is 0 Å². The first-order valence-corrected chi connectivity index (χ1v) is 12.1. The van der Waals surface area contributed by atoms with Gasteiger partial charge in [-0.3, -0.25) is 0 Å². The second-order valence-electron chi connectivity index (χ2n) is 8.58. The fourth-order valence-electron chi connectivity index (χ4n) is 3.49. The first-order valence-electron chi connectivity index (χ1n) is 12.1. The van der Waals surface area contributed by atoms with E-state index in [-0.39, 0.29) is 17.7 Å². The van der Waals surface area contributed by atoms with E-state index < -0.39 is 46.5 Å². The van der Waals surface area contributed by atoms with Gasteiger partial charge in [0.15, 0.2) is 17.5 Å². The molecule has 0 fully saturated rings. The van der Waals surface area contributed by atoms with Crippen molar-refractivity contribution in [3.05, 3.63) is 130 Å². The van der Waals surface area contributed by atoms with Crippen molar-refractivity contribution in [3.8, 4) is 35.2 Å². The highest BCUT2D eigenvalue weighted by molar-refractivity contribution is 5.49. The molecule has 0 saturated heterocycles. The van der Waals surface area contributed by atoms with E-state index in [1.54, 1.807) is 24.3 Å². The molecule has 0 saturated carbocycles. The number of hydrogen-bond acceptors (Lipinski definition) is 2. The summed E-state index contributed by atoms with van der Waals surface area (Å²) in [6.07, 6.45) is -3.77. The Labute approximate surface area is 231 Å². The Morgan fingerprint density at radius 1 is 0.585 bits per heavy atom. The Kier molecular flexibility index (Phi) is 8.89. The van der Waals surface area contributed by atoms with Crippen LogP contribution in [0.4, 0.5) is 30.7 Å². The maximum atomic E-state index is 14.5. The smallest absolute Gasteiger partial charge is 0.432 e. The molecule has 41 heavy (non-hydrogen) atoms. The van der Waals surface area contributed by atoms with Crippen LogP contribution in [0.5, 0.6) is 11.5 Å². The fourth-order valence-corrected chi connectivity index (χ4v) is 3.49. The molecule has 2 nitrogen and oxygen atoms in total. The lowest BCUT2D eigenvalue weighted by Gasteiger charge is -2.19. The van der Waals surface area contributed by atoms with Crippen molar-refractivity contribution in [2.45, 2.75) is 19.5 Å². The third kappa shape index (κ3) is 7.40. The maximum absolute atomic E-state index is 14.5. The molecule has 0 heterocycles. The maximum Gasteiger partial charge on any atom is 0.432 e. The predicted molar refractivity (Wildman–Crippen MR) is 138 cm³/mol. The van der Waals surface area contributed by atoms with E-state index >= 15 is 0 Å². The van der Waals surface area contributed by atoms with E-state index in [0.29, 0.717) is 29.9 Å². The number of benzene rings is 4. The van der Waals surface area contributed by atoms with E-state index in [4.69, 9.17) is 4.74 Å². The van der Waals surface area contributed by atoms with Gasteiger partial charge in [-0.25, -0.2) is 22.0 Å². The lowest BCUT2D eigenvalue weighted by atomic mass is 10.1. The number of alkyl halides is 2. The number of halogens is 7. The number of hydrogen-bond donors (Lipinski definition) is 0. The molecule has 0 atom stereocenters. The van der Waals surface area contributed by atoms with Gasteiger partial charge < -0.3 is 9.47 Å². The molecule has 0 aliphatic rings. The molecule has 0 N–H and O–H groups in total. The van der Waals surface area contributed by atoms with Crippen molar-refractivity contribution in [2.24, 2.45) is 0 Å². The summed E-state index contributed by atoms with van der Waals surface area (Å²) in [7, 11) is 0. The van der Waals surface area contributed by atoms with Crippen molar-refractivity contribution in [1.82, 2.24) is 0 Å². The van der Waals surface area contributed by atoms with Crippen molar-refractivity contribution >= 4 is 0 Å². The molecular weight excluding hydrogens is 549 g/mol. The zero-order valence-corrected chi connectivity index (χ0v) is 21.3. The van der Waals surface area contributed by atoms with Crippen LogP contribution in [-0.2, 0) is 6.11 Å². The van der Waals surface area contributed by atoms with E-state index in [1.807, 2.05) is 31.2 Å². The monoisotopic (exact) mass is 568 g/mol. The average Bonchev–Trinajstić information content (AvgIpc) is 2.93. The Hall–Kier alpha value is -4.89. The summed E-state index contributed by atoms with van der Waals surface area (Å²) in [5.41, 5.74) is -0.121. The molecule has 0 amide bonds. The number of ether oxygens (including phenoxy) is 2. The second kappa shape index (κ2) is 12.5. The molecule has 0 unspecified atom stereocenters. The molecule has 4 aromatic rings. The highest BCUT2D eigenvalue weighted by Crippen LogP contribution is 2.36. The Bertz CT molecular complexity index is 1630.